The van der Waals surface area contributed by atoms with Crippen LogP contribution in [-0.4, -0.2) is 0 Å². The number of fused-ring (bicyclic) bond motifs is 6. The van der Waals surface area contributed by atoms with Crippen LogP contribution in [0.1, 0.15) is 76.3 Å². The van der Waals surface area contributed by atoms with E-state index in [0.717, 1.165) is 0 Å². The van der Waals surface area contributed by atoms with Crippen LogP contribution in [0, 0.1) is 0 Å². The molecule has 0 saturated carbocycles. The minimum absolute atomic E-state index is 0.115. The molecule has 0 amide bonds. The van der Waals surface area contributed by atoms with Crippen LogP contribution in [0.5, 0.6) is 0 Å². The molecule has 0 fully saturated rings. The molecule has 1 atom stereocenters. The van der Waals surface area contributed by atoms with Crippen LogP contribution in [0.15, 0.2) is 140 Å². The molecule has 0 N–H and O–H groups in total. The molecule has 0 aliphatic heterocycles. The summed E-state index contributed by atoms with van der Waals surface area (Å²) in [6.07, 6.45) is 0. The molecule has 0 saturated heterocycles. The van der Waals surface area contributed by atoms with Gasteiger partial charge in [-0.05, 0) is 85.3 Å². The van der Waals surface area contributed by atoms with E-state index in [-0.39, 0.29) is 10.8 Å². The predicted octanol–water partition coefficient (Wildman–Crippen LogP) is 12.7. The first-order valence-electron chi connectivity index (χ1n) is 16.6. The van der Waals surface area contributed by atoms with Crippen molar-refractivity contribution in [3.8, 4) is 44.5 Å². The van der Waals surface area contributed by atoms with Crippen LogP contribution in [0.25, 0.3) is 44.5 Å². The van der Waals surface area contributed by atoms with Crippen molar-refractivity contribution < 1.29 is 0 Å². The zero-order valence-corrected chi connectivity index (χ0v) is 27.8. The summed E-state index contributed by atoms with van der Waals surface area (Å²) in [5.74, 6) is 0. The Kier molecular flexibility index (Phi) is 8.10. The van der Waals surface area contributed by atoms with Gasteiger partial charge in [-0.1, -0.05) is 175 Å². The van der Waals surface area contributed by atoms with Crippen molar-refractivity contribution in [1.29, 1.82) is 0 Å². The Bertz CT molecular complexity index is 1960. The number of benzene rings is 6. The summed E-state index contributed by atoms with van der Waals surface area (Å²) in [6, 6.07) is 51.7. The van der Waals surface area contributed by atoms with Crippen LogP contribution in [-0.2, 0) is 10.8 Å². The average molecular weight is 585 g/mol. The zero-order valence-electron chi connectivity index (χ0n) is 27.8. The summed E-state index contributed by atoms with van der Waals surface area (Å²) < 4.78 is 0. The molecule has 2 aliphatic rings. The summed E-state index contributed by atoms with van der Waals surface area (Å²) in [4.78, 5) is 0. The Morgan fingerprint density at radius 2 is 0.867 bits per heavy atom. The molecular formula is C45H44. The van der Waals surface area contributed by atoms with Crippen LogP contribution < -0.4 is 0 Å². The minimum atomic E-state index is -0.289. The monoisotopic (exact) mass is 584 g/mol. The summed E-state index contributed by atoms with van der Waals surface area (Å²) in [5, 5.41) is 0. The van der Waals surface area contributed by atoms with Crippen molar-refractivity contribution >= 4 is 0 Å². The maximum Gasteiger partial charge on any atom is 0.0442 e. The van der Waals surface area contributed by atoms with Gasteiger partial charge >= 0.3 is 0 Å². The summed E-state index contributed by atoms with van der Waals surface area (Å²) >= 11 is 0. The average Bonchev–Trinajstić information content (AvgIpc) is 3.52. The van der Waals surface area contributed by atoms with Crippen molar-refractivity contribution in [2.75, 3.05) is 0 Å². The van der Waals surface area contributed by atoms with Crippen molar-refractivity contribution in [3.05, 3.63) is 167 Å². The molecule has 8 rings (SSSR count). The number of rotatable bonds is 3. The molecule has 2 aliphatic carbocycles. The van der Waals surface area contributed by atoms with Crippen LogP contribution in [0.2, 0.25) is 0 Å². The fourth-order valence-electron chi connectivity index (χ4n) is 7.80. The third-order valence-corrected chi connectivity index (χ3v) is 9.74. The third-order valence-electron chi connectivity index (χ3n) is 9.74. The first-order chi connectivity index (χ1) is 22.0. The molecule has 0 aromatic heterocycles. The van der Waals surface area contributed by atoms with E-state index in [1.54, 1.807) is 0 Å². The number of hydrogen-bond acceptors (Lipinski definition) is 0. The van der Waals surface area contributed by atoms with Gasteiger partial charge in [-0.3, -0.25) is 0 Å². The highest BCUT2D eigenvalue weighted by Crippen LogP contribution is 2.59. The molecule has 1 unspecified atom stereocenters. The van der Waals surface area contributed by atoms with Gasteiger partial charge in [0.2, 0.25) is 0 Å². The normalized spacial score (nSPS) is 16.2. The van der Waals surface area contributed by atoms with Crippen molar-refractivity contribution in [2.45, 2.75) is 59.3 Å². The second-order valence-corrected chi connectivity index (χ2v) is 12.2. The van der Waals surface area contributed by atoms with Gasteiger partial charge in [0.05, 0.1) is 0 Å². The Labute approximate surface area is 270 Å². The Morgan fingerprint density at radius 1 is 0.356 bits per heavy atom. The third kappa shape index (κ3) is 4.58. The van der Waals surface area contributed by atoms with E-state index in [1.165, 1.54) is 72.3 Å². The lowest BCUT2D eigenvalue weighted by Crippen LogP contribution is -2.24. The zero-order chi connectivity index (χ0) is 31.8. The largest absolute Gasteiger partial charge is 0.0683 e. The highest BCUT2D eigenvalue weighted by Gasteiger charge is 2.46. The van der Waals surface area contributed by atoms with Gasteiger partial charge in [0.25, 0.3) is 0 Å². The topological polar surface area (TPSA) is 0 Å². The molecule has 6 aromatic carbocycles. The van der Waals surface area contributed by atoms with Gasteiger partial charge in [-0.15, -0.1) is 0 Å². The highest BCUT2D eigenvalue weighted by atomic mass is 14.5. The molecular weight excluding hydrogens is 540 g/mol. The fourth-order valence-corrected chi connectivity index (χ4v) is 7.80. The fraction of sp³-hybridized carbons (Fsp3) is 0.200. The molecule has 0 nitrogen and oxygen atoms in total. The summed E-state index contributed by atoms with van der Waals surface area (Å²) in [6.45, 7) is 15.3. The van der Waals surface area contributed by atoms with E-state index < -0.39 is 0 Å². The lowest BCUT2D eigenvalue weighted by molar-refractivity contribution is 0.658. The van der Waals surface area contributed by atoms with Gasteiger partial charge in [0.1, 0.15) is 0 Å². The van der Waals surface area contributed by atoms with E-state index in [4.69, 9.17) is 0 Å². The molecule has 0 heteroatoms. The molecule has 0 bridgehead atoms. The lowest BCUT2D eigenvalue weighted by atomic mass is 9.70. The maximum atomic E-state index is 2.45. The molecule has 0 radical (unpaired) electrons. The van der Waals surface area contributed by atoms with Gasteiger partial charge in [-0.25, -0.2) is 0 Å². The second kappa shape index (κ2) is 12.0. The smallest absolute Gasteiger partial charge is 0.0442 e. The summed E-state index contributed by atoms with van der Waals surface area (Å²) in [7, 11) is 0. The van der Waals surface area contributed by atoms with Gasteiger partial charge in [-0.2, -0.15) is 0 Å². The van der Waals surface area contributed by atoms with Crippen molar-refractivity contribution in [1.82, 2.24) is 0 Å². The van der Waals surface area contributed by atoms with Crippen LogP contribution in [0.3, 0.4) is 0 Å². The first-order valence-corrected chi connectivity index (χ1v) is 16.6. The van der Waals surface area contributed by atoms with E-state index in [1.807, 2.05) is 27.7 Å². The van der Waals surface area contributed by atoms with Crippen LogP contribution >= 0.6 is 0 Å². The Morgan fingerprint density at radius 3 is 1.58 bits per heavy atom. The van der Waals surface area contributed by atoms with Crippen molar-refractivity contribution in [2.24, 2.45) is 0 Å². The molecule has 0 heterocycles. The van der Waals surface area contributed by atoms with E-state index in [2.05, 4.69) is 160 Å². The van der Waals surface area contributed by atoms with Crippen molar-refractivity contribution in [3.63, 3.8) is 0 Å². The quantitative estimate of drug-likeness (QED) is 0.194. The van der Waals surface area contributed by atoms with Gasteiger partial charge < -0.3 is 0 Å². The Balaban J connectivity index is 0.000000860. The van der Waals surface area contributed by atoms with Gasteiger partial charge in [0.15, 0.2) is 0 Å². The second-order valence-electron chi connectivity index (χ2n) is 12.2. The summed E-state index contributed by atoms with van der Waals surface area (Å²) in [5.41, 5.74) is 17.2. The molecule has 224 valence electrons. The first kappa shape index (κ1) is 30.4. The lowest BCUT2D eigenvalue weighted by Gasteiger charge is -2.31. The maximum absolute atomic E-state index is 2.45. The van der Waals surface area contributed by atoms with E-state index >= 15 is 0 Å². The van der Waals surface area contributed by atoms with Crippen LogP contribution in [0.4, 0.5) is 0 Å². The predicted molar refractivity (Wildman–Crippen MR) is 195 cm³/mol. The minimum Gasteiger partial charge on any atom is -0.0683 e. The van der Waals surface area contributed by atoms with E-state index in [0.29, 0.717) is 0 Å². The molecule has 0 spiro atoms. The standard InChI is InChI=1S/C41H32.2C2H6/c1-40(2)35-22-13-23-36(38(35)33-20-12-19-30(39(33)40)28-16-8-5-9-17-28)41(3)34-21-11-10-18-31(34)32-25-24-29(26-37(32)41)27-14-6-4-7-15-27;2*1-2/h4-26H,1-3H3;2*1-2H3. The Hall–Kier alpha value is -4.68. The molecule has 6 aromatic rings. The van der Waals surface area contributed by atoms with Gasteiger partial charge in [0, 0.05) is 10.8 Å². The van der Waals surface area contributed by atoms with E-state index in [9.17, 15) is 0 Å². The SMILES string of the molecule is CC.CC.CC1(C)c2cccc(C3(C)c4ccccc4-c4ccc(-c5ccccc5)cc43)c2-c2cccc(-c3ccccc3)c21. The number of hydrogen-bond donors (Lipinski definition) is 0. The molecule has 45 heavy (non-hydrogen) atoms. The highest BCUT2D eigenvalue weighted by molar-refractivity contribution is 5.93.